The summed E-state index contributed by atoms with van der Waals surface area (Å²) in [5.74, 6) is 2.42. The van der Waals surface area contributed by atoms with Crippen molar-refractivity contribution in [1.82, 2.24) is 9.55 Å². The molecule has 1 aliphatic heterocycles. The molecule has 9 aromatic rings. The second-order valence-electron chi connectivity index (χ2n) is 20.3. The van der Waals surface area contributed by atoms with Crippen molar-refractivity contribution in [2.75, 3.05) is 16.5 Å². The lowest BCUT2D eigenvalue weighted by Gasteiger charge is -2.28. The van der Waals surface area contributed by atoms with Gasteiger partial charge in [-0.2, -0.15) is 0 Å². The Labute approximate surface area is 390 Å². The van der Waals surface area contributed by atoms with E-state index in [1.165, 1.54) is 44.2 Å². The van der Waals surface area contributed by atoms with E-state index < -0.39 is 0 Å². The fourth-order valence-corrected chi connectivity index (χ4v) is 9.45. The van der Waals surface area contributed by atoms with Gasteiger partial charge in [0.2, 0.25) is 0 Å². The Bertz CT molecular complexity index is 3240. The van der Waals surface area contributed by atoms with E-state index in [4.69, 9.17) is 9.72 Å². The van der Waals surface area contributed by atoms with Crippen LogP contribution in [0.1, 0.15) is 83.2 Å². The van der Waals surface area contributed by atoms with E-state index in [9.17, 15) is 0 Å². The van der Waals surface area contributed by atoms with Crippen LogP contribution < -0.4 is 14.5 Å². The third-order valence-corrected chi connectivity index (χ3v) is 13.3. The lowest BCUT2D eigenvalue weighted by Crippen LogP contribution is -2.26. The average Bonchev–Trinajstić information content (AvgIpc) is 3.92. The Morgan fingerprint density at radius 2 is 1.15 bits per heavy atom. The Balaban J connectivity index is 1.09. The third-order valence-electron chi connectivity index (χ3n) is 13.3. The Morgan fingerprint density at radius 3 is 1.86 bits per heavy atom. The van der Waals surface area contributed by atoms with Gasteiger partial charge in [-0.1, -0.05) is 177 Å². The van der Waals surface area contributed by atoms with Crippen LogP contribution in [0, 0.1) is 0 Å². The standard InChI is InChI=1S/C61H58N4O/c1-59(2,3)46-31-32-62-57(36-46)65-54-30-19-18-29-52(54)58-53(61(7,8)45-25-16-11-17-26-45)38-51(39-55(58)65)66-50-28-20-27-48(37-50)63-40-56(43-23-14-10-15-24-43)64(41-63)49-34-44(42-21-12-9-13-22-42)33-47(35-49)60(4,5)6/h9-40H,41H2,1-8H3. The minimum Gasteiger partial charge on any atom is -0.457 e. The second kappa shape index (κ2) is 16.6. The van der Waals surface area contributed by atoms with Crippen LogP contribution in [0.15, 0.2) is 194 Å². The van der Waals surface area contributed by atoms with Gasteiger partial charge in [0.25, 0.3) is 0 Å². The fourth-order valence-electron chi connectivity index (χ4n) is 9.45. The summed E-state index contributed by atoms with van der Waals surface area (Å²) in [6.45, 7) is 18.9. The highest BCUT2D eigenvalue weighted by Gasteiger charge is 2.31. The number of nitrogens with zero attached hydrogens (tertiary/aromatic N) is 4. The quantitative estimate of drug-likeness (QED) is 0.145. The molecule has 1 aliphatic rings. The molecule has 0 spiro atoms. The molecule has 66 heavy (non-hydrogen) atoms. The molecule has 328 valence electrons. The van der Waals surface area contributed by atoms with Crippen molar-refractivity contribution >= 4 is 38.9 Å². The molecular weight excluding hydrogens is 805 g/mol. The first kappa shape index (κ1) is 42.6. The number of pyridine rings is 1. The smallest absolute Gasteiger partial charge is 0.137 e. The highest BCUT2D eigenvalue weighted by atomic mass is 16.5. The first-order valence-electron chi connectivity index (χ1n) is 23.1. The van der Waals surface area contributed by atoms with Crippen LogP contribution in [-0.2, 0) is 16.2 Å². The van der Waals surface area contributed by atoms with E-state index in [1.807, 2.05) is 6.20 Å². The molecule has 0 fully saturated rings. The van der Waals surface area contributed by atoms with E-state index >= 15 is 0 Å². The molecule has 3 heterocycles. The molecule has 0 N–H and O–H groups in total. The Hall–Kier alpha value is -7.37. The number of fused-ring (bicyclic) bond motifs is 3. The number of benzene rings is 7. The summed E-state index contributed by atoms with van der Waals surface area (Å²) in [5, 5.41) is 2.39. The molecule has 0 radical (unpaired) electrons. The van der Waals surface area contributed by atoms with E-state index in [1.54, 1.807) is 0 Å². The molecule has 0 atom stereocenters. The van der Waals surface area contributed by atoms with Crippen LogP contribution in [0.25, 0.3) is 44.4 Å². The number of rotatable bonds is 9. The maximum absolute atomic E-state index is 7.07. The zero-order valence-corrected chi connectivity index (χ0v) is 39.4. The molecule has 0 amide bonds. The summed E-state index contributed by atoms with van der Waals surface area (Å²) in [6, 6.07) is 65.4. The third kappa shape index (κ3) is 8.04. The van der Waals surface area contributed by atoms with E-state index in [2.05, 4.69) is 258 Å². The maximum atomic E-state index is 7.07. The highest BCUT2D eigenvalue weighted by Crippen LogP contribution is 2.45. The second-order valence-corrected chi connectivity index (χ2v) is 20.3. The van der Waals surface area contributed by atoms with Gasteiger partial charge in [0.1, 0.15) is 17.3 Å². The molecule has 0 saturated heterocycles. The number of anilines is 2. The molecular formula is C61H58N4O. The summed E-state index contributed by atoms with van der Waals surface area (Å²) < 4.78 is 9.39. The lowest BCUT2D eigenvalue weighted by molar-refractivity contribution is 0.481. The summed E-state index contributed by atoms with van der Waals surface area (Å²) in [4.78, 5) is 9.79. The zero-order chi connectivity index (χ0) is 45.8. The molecule has 5 nitrogen and oxygen atoms in total. The summed E-state index contributed by atoms with van der Waals surface area (Å²) in [5.41, 5.74) is 13.6. The van der Waals surface area contributed by atoms with Gasteiger partial charge in [-0.05, 0) is 98.3 Å². The molecule has 0 aliphatic carbocycles. The minimum absolute atomic E-state index is 0.0399. The number of hydrogen-bond donors (Lipinski definition) is 0. The van der Waals surface area contributed by atoms with Gasteiger partial charge < -0.3 is 14.5 Å². The SMILES string of the molecule is CC(C)(C)c1cc(-c2ccccc2)cc(N2CN(c3cccc(Oc4cc(C(C)(C)c5ccccc5)c5c6ccccc6n(-c6cc(C(C)(C)C)ccn6)c5c4)c3)C=C2c2ccccc2)c1. The normalized spacial score (nSPS) is 13.4. The molecule has 2 aromatic heterocycles. The lowest BCUT2D eigenvalue weighted by atomic mass is 9.76. The van der Waals surface area contributed by atoms with Gasteiger partial charge in [-0.3, -0.25) is 4.57 Å². The number of para-hydroxylation sites is 1. The van der Waals surface area contributed by atoms with Crippen molar-refractivity contribution in [2.45, 2.75) is 71.6 Å². The molecule has 5 heteroatoms. The van der Waals surface area contributed by atoms with Crippen molar-refractivity contribution in [2.24, 2.45) is 0 Å². The first-order valence-corrected chi connectivity index (χ1v) is 23.1. The van der Waals surface area contributed by atoms with E-state index in [-0.39, 0.29) is 16.2 Å². The molecule has 7 aromatic carbocycles. The van der Waals surface area contributed by atoms with Gasteiger partial charge in [0, 0.05) is 52.1 Å². The molecule has 10 rings (SSSR count). The highest BCUT2D eigenvalue weighted by molar-refractivity contribution is 6.12. The molecule has 0 bridgehead atoms. The van der Waals surface area contributed by atoms with Crippen molar-refractivity contribution in [3.8, 4) is 28.4 Å². The fraction of sp³-hybridized carbons (Fsp3) is 0.197. The number of ether oxygens (including phenoxy) is 1. The number of aromatic nitrogens is 2. The van der Waals surface area contributed by atoms with Crippen LogP contribution in [0.5, 0.6) is 11.5 Å². The summed E-state index contributed by atoms with van der Waals surface area (Å²) in [6.07, 6.45) is 4.22. The van der Waals surface area contributed by atoms with Crippen LogP contribution in [0.3, 0.4) is 0 Å². The van der Waals surface area contributed by atoms with Crippen LogP contribution in [0.4, 0.5) is 11.4 Å². The monoisotopic (exact) mass is 862 g/mol. The van der Waals surface area contributed by atoms with Crippen LogP contribution >= 0.6 is 0 Å². The Kier molecular flexibility index (Phi) is 10.7. The maximum Gasteiger partial charge on any atom is 0.137 e. The van der Waals surface area contributed by atoms with Crippen LogP contribution in [0.2, 0.25) is 0 Å². The van der Waals surface area contributed by atoms with Gasteiger partial charge in [-0.25, -0.2) is 4.98 Å². The van der Waals surface area contributed by atoms with Gasteiger partial charge >= 0.3 is 0 Å². The predicted octanol–water partition coefficient (Wildman–Crippen LogP) is 15.8. The van der Waals surface area contributed by atoms with E-state index in [0.717, 1.165) is 51.0 Å². The molecule has 0 unspecified atom stereocenters. The van der Waals surface area contributed by atoms with Gasteiger partial charge in [0.05, 0.1) is 23.4 Å². The Morgan fingerprint density at radius 1 is 0.485 bits per heavy atom. The van der Waals surface area contributed by atoms with Gasteiger partial charge in [0.15, 0.2) is 0 Å². The van der Waals surface area contributed by atoms with Crippen LogP contribution in [-0.4, -0.2) is 16.2 Å². The average molecular weight is 863 g/mol. The van der Waals surface area contributed by atoms with Crippen molar-refractivity contribution in [3.63, 3.8) is 0 Å². The topological polar surface area (TPSA) is 33.5 Å². The predicted molar refractivity (Wildman–Crippen MR) is 277 cm³/mol. The summed E-state index contributed by atoms with van der Waals surface area (Å²) >= 11 is 0. The molecule has 0 saturated carbocycles. The summed E-state index contributed by atoms with van der Waals surface area (Å²) in [7, 11) is 0. The first-order chi connectivity index (χ1) is 31.7. The van der Waals surface area contributed by atoms with Gasteiger partial charge in [-0.15, -0.1) is 0 Å². The zero-order valence-electron chi connectivity index (χ0n) is 39.4. The van der Waals surface area contributed by atoms with Crippen molar-refractivity contribution in [3.05, 3.63) is 222 Å². The minimum atomic E-state index is -0.362. The van der Waals surface area contributed by atoms with Crippen molar-refractivity contribution < 1.29 is 4.74 Å². The number of hydrogen-bond acceptors (Lipinski definition) is 4. The van der Waals surface area contributed by atoms with Crippen molar-refractivity contribution in [1.29, 1.82) is 0 Å². The largest absolute Gasteiger partial charge is 0.457 e. The van der Waals surface area contributed by atoms with E-state index in [0.29, 0.717) is 6.67 Å².